The van der Waals surface area contributed by atoms with Crippen LogP contribution in [-0.2, 0) is 4.79 Å². The molecule has 1 atom stereocenters. The van der Waals surface area contributed by atoms with E-state index in [2.05, 4.69) is 0 Å². The van der Waals surface area contributed by atoms with E-state index in [4.69, 9.17) is 4.74 Å². The summed E-state index contributed by atoms with van der Waals surface area (Å²) in [5, 5.41) is 0. The Kier molecular flexibility index (Phi) is 4.83. The third kappa shape index (κ3) is 3.72. The lowest BCUT2D eigenvalue weighted by molar-refractivity contribution is -0.139. The molecule has 1 fully saturated rings. The standard InChI is InChI=1S/C16H23NO2/c1-3-15(16(18)17-11-5-4-6-12-17)19-14-9-7-13(2)8-10-14/h7-10,15H,3-6,11-12H2,1-2H3/t15-/m1/s1. The molecule has 1 aromatic carbocycles. The Morgan fingerprint density at radius 1 is 1.21 bits per heavy atom. The van der Waals surface area contributed by atoms with Crippen LogP contribution in [0, 0.1) is 6.92 Å². The SMILES string of the molecule is CC[C@@H](Oc1ccc(C)cc1)C(=O)N1CCCCC1. The quantitative estimate of drug-likeness (QED) is 0.833. The van der Waals surface area contributed by atoms with Crippen molar-refractivity contribution < 1.29 is 9.53 Å². The van der Waals surface area contributed by atoms with Crippen molar-refractivity contribution in [2.24, 2.45) is 0 Å². The molecule has 0 bridgehead atoms. The average Bonchev–Trinajstić information content (AvgIpc) is 2.47. The van der Waals surface area contributed by atoms with Gasteiger partial charge in [-0.2, -0.15) is 0 Å². The highest BCUT2D eigenvalue weighted by Crippen LogP contribution is 2.17. The second kappa shape index (κ2) is 6.60. The number of rotatable bonds is 4. The summed E-state index contributed by atoms with van der Waals surface area (Å²) in [5.41, 5.74) is 1.20. The normalized spacial score (nSPS) is 17.1. The van der Waals surface area contributed by atoms with E-state index in [0.717, 1.165) is 31.7 Å². The molecule has 19 heavy (non-hydrogen) atoms. The molecule has 0 spiro atoms. The van der Waals surface area contributed by atoms with E-state index in [1.165, 1.54) is 12.0 Å². The first-order valence-corrected chi connectivity index (χ1v) is 7.23. The predicted molar refractivity (Wildman–Crippen MR) is 76.3 cm³/mol. The second-order valence-corrected chi connectivity index (χ2v) is 5.21. The monoisotopic (exact) mass is 261 g/mol. The summed E-state index contributed by atoms with van der Waals surface area (Å²) in [6, 6.07) is 7.88. The van der Waals surface area contributed by atoms with E-state index < -0.39 is 0 Å². The van der Waals surface area contributed by atoms with Gasteiger partial charge >= 0.3 is 0 Å². The first-order valence-electron chi connectivity index (χ1n) is 7.23. The minimum absolute atomic E-state index is 0.141. The Hall–Kier alpha value is -1.51. The van der Waals surface area contributed by atoms with E-state index in [0.29, 0.717) is 6.42 Å². The summed E-state index contributed by atoms with van der Waals surface area (Å²) in [6.07, 6.45) is 3.84. The smallest absolute Gasteiger partial charge is 0.263 e. The molecule has 1 heterocycles. The molecular formula is C16H23NO2. The van der Waals surface area contributed by atoms with E-state index in [1.807, 2.05) is 43.0 Å². The lowest BCUT2D eigenvalue weighted by Crippen LogP contribution is -2.44. The molecule has 1 aliphatic rings. The third-order valence-corrected chi connectivity index (χ3v) is 3.61. The molecule has 0 aromatic heterocycles. The molecule has 3 nitrogen and oxygen atoms in total. The van der Waals surface area contributed by atoms with Crippen LogP contribution >= 0.6 is 0 Å². The number of hydrogen-bond acceptors (Lipinski definition) is 2. The Morgan fingerprint density at radius 2 is 1.84 bits per heavy atom. The number of hydrogen-bond donors (Lipinski definition) is 0. The number of piperidine rings is 1. The van der Waals surface area contributed by atoms with Gasteiger partial charge < -0.3 is 9.64 Å². The highest BCUT2D eigenvalue weighted by molar-refractivity contribution is 5.81. The predicted octanol–water partition coefficient (Wildman–Crippen LogP) is 3.16. The molecule has 1 saturated heterocycles. The summed E-state index contributed by atoms with van der Waals surface area (Å²) < 4.78 is 5.84. The fourth-order valence-electron chi connectivity index (χ4n) is 2.41. The summed E-state index contributed by atoms with van der Waals surface area (Å²) in [4.78, 5) is 14.4. The summed E-state index contributed by atoms with van der Waals surface area (Å²) in [5.74, 6) is 0.922. The first kappa shape index (κ1) is 13.9. The van der Waals surface area contributed by atoms with Crippen molar-refractivity contribution in [3.05, 3.63) is 29.8 Å². The summed E-state index contributed by atoms with van der Waals surface area (Å²) in [7, 11) is 0. The van der Waals surface area contributed by atoms with E-state index in [1.54, 1.807) is 0 Å². The van der Waals surface area contributed by atoms with Crippen molar-refractivity contribution in [2.45, 2.75) is 45.6 Å². The van der Waals surface area contributed by atoms with Gasteiger partial charge in [0, 0.05) is 13.1 Å². The molecule has 104 valence electrons. The number of carbonyl (C=O) groups is 1. The van der Waals surface area contributed by atoms with Crippen molar-refractivity contribution in [3.8, 4) is 5.75 Å². The first-order chi connectivity index (χ1) is 9.20. The Balaban J connectivity index is 1.98. The summed E-state index contributed by atoms with van der Waals surface area (Å²) >= 11 is 0. The minimum atomic E-state index is -0.346. The largest absolute Gasteiger partial charge is 0.481 e. The lowest BCUT2D eigenvalue weighted by Gasteiger charge is -2.30. The molecule has 0 saturated carbocycles. The zero-order valence-corrected chi connectivity index (χ0v) is 11.9. The number of carbonyl (C=O) groups excluding carboxylic acids is 1. The zero-order chi connectivity index (χ0) is 13.7. The zero-order valence-electron chi connectivity index (χ0n) is 11.9. The van der Waals surface area contributed by atoms with Crippen LogP contribution in [-0.4, -0.2) is 30.0 Å². The van der Waals surface area contributed by atoms with Gasteiger partial charge in [0.25, 0.3) is 5.91 Å². The number of amides is 1. The van der Waals surface area contributed by atoms with Crippen LogP contribution < -0.4 is 4.74 Å². The molecule has 0 unspecified atom stereocenters. The fraction of sp³-hybridized carbons (Fsp3) is 0.562. The molecule has 1 amide bonds. The van der Waals surface area contributed by atoms with Crippen LogP contribution in [0.3, 0.4) is 0 Å². The van der Waals surface area contributed by atoms with Gasteiger partial charge in [0.1, 0.15) is 5.75 Å². The fourth-order valence-corrected chi connectivity index (χ4v) is 2.41. The molecular weight excluding hydrogens is 238 g/mol. The average molecular weight is 261 g/mol. The van der Waals surface area contributed by atoms with Crippen molar-refractivity contribution in [1.29, 1.82) is 0 Å². The molecule has 3 heteroatoms. The molecule has 2 rings (SSSR count). The number of benzene rings is 1. The van der Waals surface area contributed by atoms with Crippen molar-refractivity contribution in [2.75, 3.05) is 13.1 Å². The Morgan fingerprint density at radius 3 is 2.42 bits per heavy atom. The highest BCUT2D eigenvalue weighted by atomic mass is 16.5. The minimum Gasteiger partial charge on any atom is -0.481 e. The van der Waals surface area contributed by atoms with Crippen LogP contribution in [0.5, 0.6) is 5.75 Å². The van der Waals surface area contributed by atoms with Gasteiger partial charge in [0.15, 0.2) is 6.10 Å². The van der Waals surface area contributed by atoms with Crippen molar-refractivity contribution >= 4 is 5.91 Å². The van der Waals surface area contributed by atoms with Gasteiger partial charge in [-0.1, -0.05) is 24.6 Å². The highest BCUT2D eigenvalue weighted by Gasteiger charge is 2.25. The molecule has 1 aliphatic heterocycles. The maximum atomic E-state index is 12.4. The van der Waals surface area contributed by atoms with Crippen molar-refractivity contribution in [1.82, 2.24) is 4.90 Å². The van der Waals surface area contributed by atoms with E-state index >= 15 is 0 Å². The Bertz CT molecular complexity index is 407. The molecule has 0 aliphatic carbocycles. The van der Waals surface area contributed by atoms with Gasteiger partial charge in [0.05, 0.1) is 0 Å². The maximum Gasteiger partial charge on any atom is 0.263 e. The van der Waals surface area contributed by atoms with E-state index in [9.17, 15) is 4.79 Å². The van der Waals surface area contributed by atoms with Gasteiger partial charge in [0.2, 0.25) is 0 Å². The van der Waals surface area contributed by atoms with Crippen LogP contribution in [0.4, 0.5) is 0 Å². The third-order valence-electron chi connectivity index (χ3n) is 3.61. The number of nitrogens with zero attached hydrogens (tertiary/aromatic N) is 1. The maximum absolute atomic E-state index is 12.4. The van der Waals surface area contributed by atoms with Gasteiger partial charge in [-0.3, -0.25) is 4.79 Å². The second-order valence-electron chi connectivity index (χ2n) is 5.21. The number of likely N-dealkylation sites (tertiary alicyclic amines) is 1. The lowest BCUT2D eigenvalue weighted by atomic mass is 10.1. The number of aryl methyl sites for hydroxylation is 1. The van der Waals surface area contributed by atoms with Crippen LogP contribution in [0.1, 0.15) is 38.2 Å². The van der Waals surface area contributed by atoms with Gasteiger partial charge in [-0.05, 0) is 44.7 Å². The number of ether oxygens (including phenoxy) is 1. The molecule has 0 radical (unpaired) electrons. The van der Waals surface area contributed by atoms with E-state index in [-0.39, 0.29) is 12.0 Å². The topological polar surface area (TPSA) is 29.5 Å². The summed E-state index contributed by atoms with van der Waals surface area (Å²) in [6.45, 7) is 5.81. The van der Waals surface area contributed by atoms with Crippen LogP contribution in [0.2, 0.25) is 0 Å². The Labute approximate surface area is 115 Å². The van der Waals surface area contributed by atoms with Gasteiger partial charge in [-0.25, -0.2) is 0 Å². The molecule has 0 N–H and O–H groups in total. The van der Waals surface area contributed by atoms with Crippen LogP contribution in [0.15, 0.2) is 24.3 Å². The molecule has 1 aromatic rings. The van der Waals surface area contributed by atoms with Crippen LogP contribution in [0.25, 0.3) is 0 Å². The van der Waals surface area contributed by atoms with Gasteiger partial charge in [-0.15, -0.1) is 0 Å². The van der Waals surface area contributed by atoms with Crippen molar-refractivity contribution in [3.63, 3.8) is 0 Å².